The normalized spacial score (nSPS) is 14.8. The molecule has 0 radical (unpaired) electrons. The first-order valence-electron chi connectivity index (χ1n) is 7.63. The molecular weight excluding hydrogens is 314 g/mol. The van der Waals surface area contributed by atoms with Crippen LogP contribution in [0.1, 0.15) is 17.3 Å². The lowest BCUT2D eigenvalue weighted by molar-refractivity contribution is -0.135. The summed E-state index contributed by atoms with van der Waals surface area (Å²) in [6.07, 6.45) is 1.82. The van der Waals surface area contributed by atoms with Crippen LogP contribution in [0.15, 0.2) is 42.6 Å². The van der Waals surface area contributed by atoms with Crippen molar-refractivity contribution in [2.45, 2.75) is 12.3 Å². The summed E-state index contributed by atoms with van der Waals surface area (Å²) in [5.74, 6) is -0.576. The fraction of sp³-hybridized carbons (Fsp3) is 0.235. The number of halogens is 2. The molecule has 0 bridgehead atoms. The van der Waals surface area contributed by atoms with E-state index in [1.54, 1.807) is 4.90 Å². The van der Waals surface area contributed by atoms with Crippen molar-refractivity contribution in [3.8, 4) is 0 Å². The molecular formula is C17H14F2N4O. The number of likely N-dealkylation sites (tertiary alicyclic amines) is 1. The molecule has 4 rings (SSSR count). The Morgan fingerprint density at radius 2 is 2.00 bits per heavy atom. The van der Waals surface area contributed by atoms with Gasteiger partial charge in [-0.25, -0.2) is 8.78 Å². The molecule has 0 unspecified atom stereocenters. The molecule has 1 fully saturated rings. The Hall–Kier alpha value is -2.83. The molecule has 5 nitrogen and oxygen atoms in total. The minimum Gasteiger partial charge on any atom is -0.341 e. The molecule has 1 aliphatic heterocycles. The molecule has 24 heavy (non-hydrogen) atoms. The number of nitrogens with zero attached hydrogens (tertiary/aromatic N) is 4. The highest BCUT2D eigenvalue weighted by Gasteiger charge is 2.34. The van der Waals surface area contributed by atoms with Gasteiger partial charge in [-0.1, -0.05) is 12.1 Å². The van der Waals surface area contributed by atoms with Crippen LogP contribution in [0.3, 0.4) is 0 Å². The van der Waals surface area contributed by atoms with Crippen LogP contribution in [0, 0.1) is 11.6 Å². The van der Waals surface area contributed by atoms with Crippen LogP contribution in [-0.2, 0) is 11.2 Å². The average molecular weight is 328 g/mol. The van der Waals surface area contributed by atoms with Crippen molar-refractivity contribution in [1.29, 1.82) is 0 Å². The second kappa shape index (κ2) is 5.67. The van der Waals surface area contributed by atoms with E-state index in [0.29, 0.717) is 13.1 Å². The van der Waals surface area contributed by atoms with Gasteiger partial charge in [-0.3, -0.25) is 9.20 Å². The molecule has 0 saturated carbocycles. The van der Waals surface area contributed by atoms with E-state index in [9.17, 15) is 13.6 Å². The number of carbonyl (C=O) groups excluding carboxylic acids is 1. The molecule has 2 aromatic heterocycles. The Morgan fingerprint density at radius 1 is 1.17 bits per heavy atom. The Morgan fingerprint density at radius 3 is 2.79 bits per heavy atom. The van der Waals surface area contributed by atoms with Gasteiger partial charge in [-0.15, -0.1) is 10.2 Å². The lowest BCUT2D eigenvalue weighted by atomic mass is 9.98. The summed E-state index contributed by atoms with van der Waals surface area (Å²) < 4.78 is 28.5. The zero-order valence-corrected chi connectivity index (χ0v) is 12.7. The molecule has 0 spiro atoms. The van der Waals surface area contributed by atoms with E-state index in [4.69, 9.17) is 0 Å². The van der Waals surface area contributed by atoms with Crippen molar-refractivity contribution >= 4 is 11.6 Å². The Labute approximate surface area is 136 Å². The minimum absolute atomic E-state index is 0.0700. The number of pyridine rings is 1. The van der Waals surface area contributed by atoms with E-state index in [2.05, 4.69) is 10.2 Å². The molecule has 1 saturated heterocycles. The van der Waals surface area contributed by atoms with Gasteiger partial charge in [-0.05, 0) is 23.8 Å². The third-order valence-corrected chi connectivity index (χ3v) is 4.30. The quantitative estimate of drug-likeness (QED) is 0.740. The second-order valence-corrected chi connectivity index (χ2v) is 5.90. The number of hydrogen-bond acceptors (Lipinski definition) is 3. The van der Waals surface area contributed by atoms with Crippen LogP contribution in [-0.4, -0.2) is 38.5 Å². The maximum atomic E-state index is 13.6. The summed E-state index contributed by atoms with van der Waals surface area (Å²) in [4.78, 5) is 13.9. The summed E-state index contributed by atoms with van der Waals surface area (Å²) >= 11 is 0. The molecule has 3 heterocycles. The Kier molecular flexibility index (Phi) is 3.48. The number of amides is 1. The highest BCUT2D eigenvalue weighted by Crippen LogP contribution is 2.27. The predicted molar refractivity (Wildman–Crippen MR) is 82.4 cm³/mol. The summed E-state index contributed by atoms with van der Waals surface area (Å²) in [5.41, 5.74) is 0.975. The first kappa shape index (κ1) is 14.7. The van der Waals surface area contributed by atoms with Gasteiger partial charge in [-0.2, -0.15) is 0 Å². The van der Waals surface area contributed by atoms with E-state index < -0.39 is 11.6 Å². The standard InChI is InChI=1S/C17H14F2N4O/c18-13-5-4-11(14(19)8-13)7-16(24)22-9-12(10-22)17-21-20-15-3-1-2-6-23(15)17/h1-6,8,12H,7,9-10H2. The molecule has 1 aromatic carbocycles. The van der Waals surface area contributed by atoms with Gasteiger partial charge in [0, 0.05) is 25.4 Å². The highest BCUT2D eigenvalue weighted by atomic mass is 19.1. The van der Waals surface area contributed by atoms with Gasteiger partial charge in [0.05, 0.1) is 12.3 Å². The topological polar surface area (TPSA) is 50.5 Å². The van der Waals surface area contributed by atoms with Crippen molar-refractivity contribution in [2.75, 3.05) is 13.1 Å². The van der Waals surface area contributed by atoms with Crippen LogP contribution in [0.2, 0.25) is 0 Å². The van der Waals surface area contributed by atoms with Crippen LogP contribution < -0.4 is 0 Å². The number of carbonyl (C=O) groups is 1. The van der Waals surface area contributed by atoms with Gasteiger partial charge < -0.3 is 4.90 Å². The molecule has 0 atom stereocenters. The number of aromatic nitrogens is 3. The molecule has 1 amide bonds. The fourth-order valence-corrected chi connectivity index (χ4v) is 2.92. The SMILES string of the molecule is O=C(Cc1ccc(F)cc1F)N1CC(c2nnc3ccccn23)C1. The summed E-state index contributed by atoms with van der Waals surface area (Å²) in [6.45, 7) is 1.05. The van der Waals surface area contributed by atoms with Crippen LogP contribution in [0.4, 0.5) is 8.78 Å². The van der Waals surface area contributed by atoms with E-state index >= 15 is 0 Å². The van der Waals surface area contributed by atoms with Gasteiger partial charge in [0.25, 0.3) is 0 Å². The average Bonchev–Trinajstić information content (AvgIpc) is 2.93. The van der Waals surface area contributed by atoms with Crippen LogP contribution in [0.5, 0.6) is 0 Å². The van der Waals surface area contributed by atoms with Crippen molar-refractivity contribution in [3.63, 3.8) is 0 Å². The van der Waals surface area contributed by atoms with E-state index in [1.807, 2.05) is 28.8 Å². The van der Waals surface area contributed by atoms with Gasteiger partial charge >= 0.3 is 0 Å². The Bertz CT molecular complexity index is 918. The van der Waals surface area contributed by atoms with E-state index in [0.717, 1.165) is 23.6 Å². The molecule has 7 heteroatoms. The maximum absolute atomic E-state index is 13.6. The summed E-state index contributed by atoms with van der Waals surface area (Å²) in [6, 6.07) is 8.93. The van der Waals surface area contributed by atoms with Crippen LogP contribution in [0.25, 0.3) is 5.65 Å². The van der Waals surface area contributed by atoms with Crippen molar-refractivity contribution < 1.29 is 13.6 Å². The lowest BCUT2D eigenvalue weighted by Gasteiger charge is -2.38. The third-order valence-electron chi connectivity index (χ3n) is 4.30. The summed E-state index contributed by atoms with van der Waals surface area (Å²) in [5, 5.41) is 8.30. The minimum atomic E-state index is -0.691. The van der Waals surface area contributed by atoms with Crippen LogP contribution >= 0.6 is 0 Å². The zero-order chi connectivity index (χ0) is 16.7. The van der Waals surface area contributed by atoms with Gasteiger partial charge in [0.15, 0.2) is 5.65 Å². The first-order chi connectivity index (χ1) is 11.6. The number of fused-ring (bicyclic) bond motifs is 1. The lowest BCUT2D eigenvalue weighted by Crippen LogP contribution is -2.49. The molecule has 122 valence electrons. The number of rotatable bonds is 3. The second-order valence-electron chi connectivity index (χ2n) is 5.90. The van der Waals surface area contributed by atoms with E-state index in [-0.39, 0.29) is 23.8 Å². The largest absolute Gasteiger partial charge is 0.341 e. The van der Waals surface area contributed by atoms with Crippen molar-refractivity contribution in [3.05, 3.63) is 65.6 Å². The maximum Gasteiger partial charge on any atom is 0.227 e. The van der Waals surface area contributed by atoms with Gasteiger partial charge in [0.2, 0.25) is 5.91 Å². The van der Waals surface area contributed by atoms with E-state index in [1.165, 1.54) is 6.07 Å². The molecule has 0 aliphatic carbocycles. The van der Waals surface area contributed by atoms with Crippen molar-refractivity contribution in [2.24, 2.45) is 0 Å². The van der Waals surface area contributed by atoms with Crippen molar-refractivity contribution in [1.82, 2.24) is 19.5 Å². The Balaban J connectivity index is 1.42. The molecule has 0 N–H and O–H groups in total. The predicted octanol–water partition coefficient (Wildman–Crippen LogP) is 2.18. The smallest absolute Gasteiger partial charge is 0.227 e. The monoisotopic (exact) mass is 328 g/mol. The molecule has 1 aliphatic rings. The highest BCUT2D eigenvalue weighted by molar-refractivity contribution is 5.79. The molecule has 3 aromatic rings. The summed E-state index contributed by atoms with van der Waals surface area (Å²) in [7, 11) is 0. The van der Waals surface area contributed by atoms with Gasteiger partial charge in [0.1, 0.15) is 17.5 Å². The fourth-order valence-electron chi connectivity index (χ4n) is 2.92. The number of hydrogen-bond donors (Lipinski definition) is 0. The first-order valence-corrected chi connectivity index (χ1v) is 7.63. The zero-order valence-electron chi connectivity index (χ0n) is 12.7. The number of benzene rings is 1. The third kappa shape index (κ3) is 2.51.